The number of halogens is 2. The van der Waals surface area contributed by atoms with E-state index in [0.717, 1.165) is 28.1 Å². The average molecular weight is 595 g/mol. The highest BCUT2D eigenvalue weighted by molar-refractivity contribution is 6.36. The van der Waals surface area contributed by atoms with Crippen molar-refractivity contribution < 1.29 is 18.7 Å². The summed E-state index contributed by atoms with van der Waals surface area (Å²) in [6.45, 7) is 12.1. The molecule has 0 spiro atoms. The average Bonchev–Trinajstić information content (AvgIpc) is 3.00. The van der Waals surface area contributed by atoms with Gasteiger partial charge in [0.05, 0.1) is 36.0 Å². The summed E-state index contributed by atoms with van der Waals surface area (Å²) < 4.78 is 26.1. The standard InChI is InChI=1S/C31H36ClFN6O3/c1-4-26(40)37-12-14-38(15-13-37)29-22-10-11-39(25-7-5-6-21-8-9-23(33)28(32)27(21)25)18-24(22)34-30(35-29)42-17-16-36(3)31(2)19-41-20-31/h4-9H,1,10-20H2,2-3H3. The van der Waals surface area contributed by atoms with Crippen LogP contribution in [-0.4, -0.2) is 97.4 Å². The quantitative estimate of drug-likeness (QED) is 0.364. The molecule has 222 valence electrons. The minimum absolute atomic E-state index is 0.0213. The summed E-state index contributed by atoms with van der Waals surface area (Å²) in [5, 5.41) is 1.72. The minimum Gasteiger partial charge on any atom is -0.462 e. The van der Waals surface area contributed by atoms with Crippen LogP contribution >= 0.6 is 11.6 Å². The van der Waals surface area contributed by atoms with E-state index in [1.165, 1.54) is 12.1 Å². The molecule has 0 aliphatic carbocycles. The molecule has 3 aliphatic heterocycles. The summed E-state index contributed by atoms with van der Waals surface area (Å²) in [5.74, 6) is 0.365. The van der Waals surface area contributed by atoms with Crippen LogP contribution in [-0.2, 0) is 22.5 Å². The van der Waals surface area contributed by atoms with E-state index in [-0.39, 0.29) is 16.5 Å². The highest BCUT2D eigenvalue weighted by Crippen LogP contribution is 2.38. The highest BCUT2D eigenvalue weighted by atomic mass is 35.5. The Balaban J connectivity index is 1.28. The highest BCUT2D eigenvalue weighted by Gasteiger charge is 2.37. The second-order valence-electron chi connectivity index (χ2n) is 11.4. The Morgan fingerprint density at radius 3 is 2.67 bits per heavy atom. The molecule has 11 heteroatoms. The molecule has 0 atom stereocenters. The van der Waals surface area contributed by atoms with Crippen LogP contribution in [0.4, 0.5) is 15.9 Å². The van der Waals surface area contributed by atoms with Crippen molar-refractivity contribution in [2.45, 2.75) is 25.4 Å². The van der Waals surface area contributed by atoms with Gasteiger partial charge in [0.15, 0.2) is 0 Å². The molecule has 2 fully saturated rings. The van der Waals surface area contributed by atoms with E-state index in [2.05, 4.69) is 35.3 Å². The Morgan fingerprint density at radius 1 is 1.17 bits per heavy atom. The number of anilines is 2. The molecule has 2 saturated heterocycles. The van der Waals surface area contributed by atoms with Gasteiger partial charge in [-0.15, -0.1) is 0 Å². The van der Waals surface area contributed by atoms with Gasteiger partial charge in [0, 0.05) is 55.9 Å². The second-order valence-corrected chi connectivity index (χ2v) is 11.8. The van der Waals surface area contributed by atoms with Crippen LogP contribution in [0.25, 0.3) is 10.8 Å². The monoisotopic (exact) mass is 594 g/mol. The molecule has 0 bridgehead atoms. The Bertz CT molecular complexity index is 1510. The molecule has 0 N–H and O–H groups in total. The fourth-order valence-electron chi connectivity index (χ4n) is 5.90. The van der Waals surface area contributed by atoms with Crippen molar-refractivity contribution in [1.29, 1.82) is 0 Å². The molecule has 1 amide bonds. The zero-order valence-corrected chi connectivity index (χ0v) is 24.9. The first kappa shape index (κ1) is 28.6. The van der Waals surface area contributed by atoms with Gasteiger partial charge in [0.2, 0.25) is 5.91 Å². The summed E-state index contributed by atoms with van der Waals surface area (Å²) in [5.41, 5.74) is 2.85. The van der Waals surface area contributed by atoms with Crippen LogP contribution in [0.5, 0.6) is 6.01 Å². The predicted molar refractivity (Wildman–Crippen MR) is 162 cm³/mol. The van der Waals surface area contributed by atoms with E-state index in [1.54, 1.807) is 11.0 Å². The van der Waals surface area contributed by atoms with Crippen LogP contribution in [0.3, 0.4) is 0 Å². The zero-order valence-electron chi connectivity index (χ0n) is 24.1. The molecule has 6 rings (SSSR count). The number of aromatic nitrogens is 2. The Morgan fingerprint density at radius 2 is 1.95 bits per heavy atom. The maximum Gasteiger partial charge on any atom is 0.318 e. The number of piperazine rings is 1. The lowest BCUT2D eigenvalue weighted by molar-refractivity contribution is -0.126. The molecule has 4 heterocycles. The van der Waals surface area contributed by atoms with E-state index >= 15 is 0 Å². The number of likely N-dealkylation sites (N-methyl/N-ethyl adjacent to an activating group) is 1. The molecule has 3 aromatic rings. The molecule has 0 radical (unpaired) electrons. The molecule has 1 aromatic heterocycles. The second kappa shape index (κ2) is 11.7. The third kappa shape index (κ3) is 5.39. The largest absolute Gasteiger partial charge is 0.462 e. The number of amides is 1. The van der Waals surface area contributed by atoms with Crippen molar-refractivity contribution in [3.8, 4) is 6.01 Å². The predicted octanol–water partition coefficient (Wildman–Crippen LogP) is 3.92. The third-order valence-electron chi connectivity index (χ3n) is 8.75. The van der Waals surface area contributed by atoms with Gasteiger partial charge in [-0.05, 0) is 44.0 Å². The van der Waals surface area contributed by atoms with Crippen LogP contribution < -0.4 is 14.5 Å². The van der Waals surface area contributed by atoms with Gasteiger partial charge in [-0.1, -0.05) is 36.4 Å². The Labute approximate surface area is 250 Å². The first-order valence-corrected chi connectivity index (χ1v) is 14.7. The number of fused-ring (bicyclic) bond motifs is 2. The third-order valence-corrected chi connectivity index (χ3v) is 9.12. The normalized spacial score (nSPS) is 18.2. The lowest BCUT2D eigenvalue weighted by Gasteiger charge is -2.45. The Hall–Kier alpha value is -3.47. The summed E-state index contributed by atoms with van der Waals surface area (Å²) in [7, 11) is 2.07. The smallest absolute Gasteiger partial charge is 0.318 e. The summed E-state index contributed by atoms with van der Waals surface area (Å²) in [6.07, 6.45) is 2.07. The topological polar surface area (TPSA) is 74.3 Å². The molecular weight excluding hydrogens is 559 g/mol. The van der Waals surface area contributed by atoms with Gasteiger partial charge in [-0.2, -0.15) is 9.97 Å². The van der Waals surface area contributed by atoms with Crippen molar-refractivity contribution in [3.63, 3.8) is 0 Å². The molecule has 42 heavy (non-hydrogen) atoms. The van der Waals surface area contributed by atoms with Crippen molar-refractivity contribution >= 4 is 39.8 Å². The molecule has 2 aromatic carbocycles. The van der Waals surface area contributed by atoms with Crippen LogP contribution in [0.1, 0.15) is 18.2 Å². The van der Waals surface area contributed by atoms with Gasteiger partial charge in [-0.25, -0.2) is 4.39 Å². The fourth-order valence-corrected chi connectivity index (χ4v) is 6.17. The molecule has 0 unspecified atom stereocenters. The Kier molecular flexibility index (Phi) is 7.95. The summed E-state index contributed by atoms with van der Waals surface area (Å²) in [4.78, 5) is 30.4. The molecule has 9 nitrogen and oxygen atoms in total. The molecule has 3 aliphatic rings. The minimum atomic E-state index is -0.435. The maximum atomic E-state index is 14.5. The number of hydrogen-bond acceptors (Lipinski definition) is 8. The lowest BCUT2D eigenvalue weighted by Crippen LogP contribution is -2.59. The van der Waals surface area contributed by atoms with Crippen molar-refractivity contribution in [2.75, 3.05) is 75.9 Å². The molecule has 0 saturated carbocycles. The number of nitrogens with zero attached hydrogens (tertiary/aromatic N) is 6. The summed E-state index contributed by atoms with van der Waals surface area (Å²) >= 11 is 6.48. The first-order chi connectivity index (χ1) is 20.3. The van der Waals surface area contributed by atoms with Crippen molar-refractivity contribution in [1.82, 2.24) is 19.8 Å². The number of rotatable bonds is 8. The van der Waals surface area contributed by atoms with Crippen LogP contribution in [0.15, 0.2) is 43.0 Å². The van der Waals surface area contributed by atoms with E-state index in [1.807, 2.05) is 18.2 Å². The van der Waals surface area contributed by atoms with Crippen molar-refractivity contribution in [2.24, 2.45) is 0 Å². The summed E-state index contributed by atoms with van der Waals surface area (Å²) in [6, 6.07) is 9.39. The SMILES string of the molecule is C=CC(=O)N1CCN(c2nc(OCCN(C)C3(C)COC3)nc3c2CCN(c2cccc4ccc(F)c(Cl)c24)C3)CC1. The van der Waals surface area contributed by atoms with E-state index in [4.69, 9.17) is 31.0 Å². The van der Waals surface area contributed by atoms with Gasteiger partial charge in [0.1, 0.15) is 18.2 Å². The van der Waals surface area contributed by atoms with Gasteiger partial charge in [-0.3, -0.25) is 9.69 Å². The number of ether oxygens (including phenoxy) is 2. The van der Waals surface area contributed by atoms with Gasteiger partial charge < -0.3 is 24.2 Å². The fraction of sp³-hybridized carbons (Fsp3) is 0.452. The lowest BCUT2D eigenvalue weighted by atomic mass is 9.99. The molecular formula is C31H36ClFN6O3. The van der Waals surface area contributed by atoms with E-state index < -0.39 is 5.82 Å². The van der Waals surface area contributed by atoms with E-state index in [9.17, 15) is 9.18 Å². The maximum absolute atomic E-state index is 14.5. The van der Waals surface area contributed by atoms with Gasteiger partial charge >= 0.3 is 6.01 Å². The number of carbonyl (C=O) groups excluding carboxylic acids is 1. The zero-order chi connectivity index (χ0) is 29.4. The van der Waals surface area contributed by atoms with Gasteiger partial charge in [0.25, 0.3) is 0 Å². The number of hydrogen-bond donors (Lipinski definition) is 0. The number of carbonyl (C=O) groups is 1. The van der Waals surface area contributed by atoms with Crippen LogP contribution in [0.2, 0.25) is 5.02 Å². The van der Waals surface area contributed by atoms with Crippen molar-refractivity contribution in [3.05, 3.63) is 65.1 Å². The van der Waals surface area contributed by atoms with E-state index in [0.29, 0.717) is 83.5 Å². The van der Waals surface area contributed by atoms with Crippen LogP contribution in [0, 0.1) is 5.82 Å². The number of benzene rings is 2. The first-order valence-electron chi connectivity index (χ1n) is 14.4.